The van der Waals surface area contributed by atoms with Gasteiger partial charge in [-0.15, -0.1) is 0 Å². The summed E-state index contributed by atoms with van der Waals surface area (Å²) >= 11 is 0. The molecule has 0 aliphatic carbocycles. The van der Waals surface area contributed by atoms with E-state index in [4.69, 9.17) is 0 Å². The summed E-state index contributed by atoms with van der Waals surface area (Å²) in [4.78, 5) is 4.35. The number of benzene rings is 1. The Kier molecular flexibility index (Phi) is 10.1. The van der Waals surface area contributed by atoms with Gasteiger partial charge in [0.05, 0.1) is 5.69 Å². The van der Waals surface area contributed by atoms with Gasteiger partial charge in [0, 0.05) is 48.6 Å². The summed E-state index contributed by atoms with van der Waals surface area (Å²) in [5.41, 5.74) is 6.73. The Bertz CT molecular complexity index is 652. The zero-order valence-electron chi connectivity index (χ0n) is 17.6. The van der Waals surface area contributed by atoms with E-state index in [-0.39, 0.29) is 17.1 Å². The smallest absolute Gasteiger partial charge is 0.0541 e. The van der Waals surface area contributed by atoms with E-state index < -0.39 is 0 Å². The number of hydrogen-bond acceptors (Lipinski definition) is 3. The van der Waals surface area contributed by atoms with E-state index in [9.17, 15) is 0 Å². The molecule has 0 fully saturated rings. The SMILES string of the molecule is CC(C)c1cc(C(C)C)c(NCCNCc2ccccn2)c(C(C)C)c1.[Fe]. The van der Waals surface area contributed by atoms with Crippen LogP contribution in [0.3, 0.4) is 0 Å². The first-order chi connectivity index (χ1) is 12.4. The summed E-state index contributed by atoms with van der Waals surface area (Å²) in [5.74, 6) is 1.57. The normalized spacial score (nSPS) is 11.1. The largest absolute Gasteiger partial charge is 0.383 e. The van der Waals surface area contributed by atoms with E-state index in [1.165, 1.54) is 22.4 Å². The third-order valence-corrected chi connectivity index (χ3v) is 4.77. The molecule has 0 radical (unpaired) electrons. The van der Waals surface area contributed by atoms with Crippen LogP contribution in [0.1, 0.15) is 81.7 Å². The van der Waals surface area contributed by atoms with Crippen molar-refractivity contribution in [1.82, 2.24) is 10.3 Å². The Morgan fingerprint density at radius 1 is 0.852 bits per heavy atom. The topological polar surface area (TPSA) is 37.0 Å². The van der Waals surface area contributed by atoms with Gasteiger partial charge >= 0.3 is 0 Å². The van der Waals surface area contributed by atoms with Crippen LogP contribution in [-0.2, 0) is 23.6 Å². The molecule has 0 aliphatic heterocycles. The molecule has 2 rings (SSSR count). The maximum atomic E-state index is 4.35. The molecular weight excluding hydrogens is 374 g/mol. The van der Waals surface area contributed by atoms with Crippen molar-refractivity contribution >= 4 is 5.69 Å². The summed E-state index contributed by atoms with van der Waals surface area (Å²) in [7, 11) is 0. The van der Waals surface area contributed by atoms with E-state index in [0.29, 0.717) is 17.8 Å². The molecule has 0 bridgehead atoms. The summed E-state index contributed by atoms with van der Waals surface area (Å²) < 4.78 is 0. The van der Waals surface area contributed by atoms with Crippen molar-refractivity contribution in [3.05, 3.63) is 58.9 Å². The van der Waals surface area contributed by atoms with Gasteiger partial charge in [0.2, 0.25) is 0 Å². The van der Waals surface area contributed by atoms with Crippen LogP contribution >= 0.6 is 0 Å². The van der Waals surface area contributed by atoms with Gasteiger partial charge < -0.3 is 10.6 Å². The van der Waals surface area contributed by atoms with Crippen LogP contribution in [0.2, 0.25) is 0 Å². The average Bonchev–Trinajstić information content (AvgIpc) is 2.61. The standard InChI is InChI=1S/C23H35N3.Fe/c1-16(2)19-13-21(17(3)4)23(22(14-19)18(5)6)26-12-11-24-15-20-9-7-8-10-25-20;/h7-10,13-14,16-18,24,26H,11-12,15H2,1-6H3;. The summed E-state index contributed by atoms with van der Waals surface area (Å²) in [6, 6.07) is 10.8. The van der Waals surface area contributed by atoms with Crippen molar-refractivity contribution in [3.8, 4) is 0 Å². The van der Waals surface area contributed by atoms with Crippen molar-refractivity contribution in [3.63, 3.8) is 0 Å². The fourth-order valence-corrected chi connectivity index (χ4v) is 3.15. The monoisotopic (exact) mass is 409 g/mol. The summed E-state index contributed by atoms with van der Waals surface area (Å²) in [6.07, 6.45) is 1.84. The van der Waals surface area contributed by atoms with Gasteiger partial charge in [-0.1, -0.05) is 59.7 Å². The van der Waals surface area contributed by atoms with Gasteiger partial charge in [0.15, 0.2) is 0 Å². The van der Waals surface area contributed by atoms with Crippen LogP contribution < -0.4 is 10.6 Å². The molecule has 1 heterocycles. The number of hydrogen-bond donors (Lipinski definition) is 2. The molecule has 0 atom stereocenters. The molecule has 4 heteroatoms. The number of pyridine rings is 1. The predicted molar refractivity (Wildman–Crippen MR) is 113 cm³/mol. The van der Waals surface area contributed by atoms with Gasteiger partial charge in [-0.3, -0.25) is 4.98 Å². The average molecular weight is 409 g/mol. The quantitative estimate of drug-likeness (QED) is 0.415. The van der Waals surface area contributed by atoms with Gasteiger partial charge in [-0.25, -0.2) is 0 Å². The molecule has 0 unspecified atom stereocenters. The molecule has 1 aromatic heterocycles. The molecule has 1 aromatic carbocycles. The minimum absolute atomic E-state index is 0. The maximum absolute atomic E-state index is 4.35. The molecular formula is C23H35FeN3. The Hall–Kier alpha value is -1.35. The third kappa shape index (κ3) is 6.95. The summed E-state index contributed by atoms with van der Waals surface area (Å²) in [5, 5.41) is 7.19. The number of aromatic nitrogens is 1. The second-order valence-electron chi connectivity index (χ2n) is 7.96. The zero-order chi connectivity index (χ0) is 19.1. The van der Waals surface area contributed by atoms with Crippen LogP contribution in [-0.4, -0.2) is 18.1 Å². The van der Waals surface area contributed by atoms with Crippen LogP contribution in [0.15, 0.2) is 36.5 Å². The van der Waals surface area contributed by atoms with Gasteiger partial charge in [0.1, 0.15) is 0 Å². The van der Waals surface area contributed by atoms with Crippen LogP contribution in [0, 0.1) is 0 Å². The molecule has 150 valence electrons. The van der Waals surface area contributed by atoms with Gasteiger partial charge in [-0.2, -0.15) is 0 Å². The molecule has 0 saturated carbocycles. The number of nitrogens with zero attached hydrogens (tertiary/aromatic N) is 1. The first-order valence-corrected chi connectivity index (χ1v) is 9.92. The van der Waals surface area contributed by atoms with Crippen molar-refractivity contribution in [2.45, 2.75) is 65.8 Å². The van der Waals surface area contributed by atoms with Crippen molar-refractivity contribution in [1.29, 1.82) is 0 Å². The van der Waals surface area contributed by atoms with E-state index in [1.807, 2.05) is 18.3 Å². The second-order valence-corrected chi connectivity index (χ2v) is 7.96. The van der Waals surface area contributed by atoms with Crippen molar-refractivity contribution in [2.24, 2.45) is 0 Å². The molecule has 0 aliphatic rings. The Morgan fingerprint density at radius 2 is 1.48 bits per heavy atom. The molecule has 3 nitrogen and oxygen atoms in total. The Balaban J connectivity index is 0.00000364. The molecule has 0 saturated heterocycles. The first-order valence-electron chi connectivity index (χ1n) is 9.92. The fraction of sp³-hybridized carbons (Fsp3) is 0.522. The van der Waals surface area contributed by atoms with E-state index >= 15 is 0 Å². The van der Waals surface area contributed by atoms with Crippen molar-refractivity contribution < 1.29 is 17.1 Å². The molecule has 2 N–H and O–H groups in total. The summed E-state index contributed by atoms with van der Waals surface area (Å²) in [6.45, 7) is 16.3. The number of rotatable bonds is 9. The number of anilines is 1. The Morgan fingerprint density at radius 3 is 1.96 bits per heavy atom. The third-order valence-electron chi connectivity index (χ3n) is 4.77. The minimum Gasteiger partial charge on any atom is -0.383 e. The predicted octanol–water partition coefficient (Wildman–Crippen LogP) is 5.65. The molecule has 27 heavy (non-hydrogen) atoms. The molecule has 0 amide bonds. The zero-order valence-corrected chi connectivity index (χ0v) is 18.7. The van der Waals surface area contributed by atoms with E-state index in [0.717, 1.165) is 25.3 Å². The Labute approximate surface area is 176 Å². The van der Waals surface area contributed by atoms with Gasteiger partial charge in [0.25, 0.3) is 0 Å². The van der Waals surface area contributed by atoms with Gasteiger partial charge in [-0.05, 0) is 46.6 Å². The van der Waals surface area contributed by atoms with Crippen LogP contribution in [0.25, 0.3) is 0 Å². The second kappa shape index (κ2) is 11.5. The molecule has 2 aromatic rings. The maximum Gasteiger partial charge on any atom is 0.0541 e. The molecule has 0 spiro atoms. The van der Waals surface area contributed by atoms with E-state index in [2.05, 4.69) is 75.4 Å². The number of nitrogens with one attached hydrogen (secondary N) is 2. The first kappa shape index (κ1) is 23.7. The minimum atomic E-state index is 0. The van der Waals surface area contributed by atoms with Crippen molar-refractivity contribution in [2.75, 3.05) is 18.4 Å². The van der Waals surface area contributed by atoms with Crippen LogP contribution in [0.5, 0.6) is 0 Å². The van der Waals surface area contributed by atoms with E-state index in [1.54, 1.807) is 0 Å². The van der Waals surface area contributed by atoms with Crippen LogP contribution in [0.4, 0.5) is 5.69 Å². The fourth-order valence-electron chi connectivity index (χ4n) is 3.15.